The van der Waals surface area contributed by atoms with E-state index >= 15 is 0 Å². The van der Waals surface area contributed by atoms with Crippen molar-refractivity contribution in [3.05, 3.63) is 34.4 Å². The quantitative estimate of drug-likeness (QED) is 0.512. The molecule has 0 amide bonds. The average Bonchev–Trinajstić information content (AvgIpc) is 2.67. The Morgan fingerprint density at radius 2 is 0.964 bits per heavy atom. The van der Waals surface area contributed by atoms with E-state index in [-0.39, 0.29) is 0 Å². The molecule has 2 nitrogen and oxygen atoms in total. The van der Waals surface area contributed by atoms with Gasteiger partial charge in [-0.25, -0.2) is 9.97 Å². The van der Waals surface area contributed by atoms with Crippen LogP contribution in [-0.4, -0.2) is 22.5 Å². The van der Waals surface area contributed by atoms with Gasteiger partial charge in [0.2, 0.25) is 0 Å². The van der Waals surface area contributed by atoms with Gasteiger partial charge in [-0.3, -0.25) is 0 Å². The second-order valence-electron chi connectivity index (χ2n) is 8.14. The number of fused-ring (bicyclic) bond motifs is 2. The molecule has 28 heavy (non-hydrogen) atoms. The van der Waals surface area contributed by atoms with Gasteiger partial charge in [0.1, 0.15) is 0 Å². The van der Waals surface area contributed by atoms with E-state index in [0.717, 1.165) is 11.4 Å². The lowest BCUT2D eigenvalue weighted by Gasteiger charge is -2.20. The van der Waals surface area contributed by atoms with Crippen molar-refractivity contribution in [2.24, 2.45) is 0 Å². The van der Waals surface area contributed by atoms with Crippen LogP contribution in [0.3, 0.4) is 0 Å². The maximum Gasteiger partial charge on any atom is 0.1000 e. The Balaban J connectivity index is 1.79. The lowest BCUT2D eigenvalue weighted by Crippen LogP contribution is -2.07. The van der Waals surface area contributed by atoms with Gasteiger partial charge < -0.3 is 0 Å². The first kappa shape index (κ1) is 20.3. The summed E-state index contributed by atoms with van der Waals surface area (Å²) < 4.78 is 0. The summed E-state index contributed by atoms with van der Waals surface area (Å²) in [6.45, 7) is 0. The van der Waals surface area contributed by atoms with Crippen molar-refractivity contribution in [3.63, 3.8) is 0 Å². The van der Waals surface area contributed by atoms with E-state index in [9.17, 15) is 0 Å². The number of pyridine rings is 2. The fourth-order valence-corrected chi connectivity index (χ4v) is 6.06. The summed E-state index contributed by atoms with van der Waals surface area (Å²) in [6.07, 6.45) is 19.8. The molecule has 0 bridgehead atoms. The van der Waals surface area contributed by atoms with Crippen LogP contribution in [0, 0.1) is 0 Å². The highest BCUT2D eigenvalue weighted by Crippen LogP contribution is 2.34. The average molecular weight is 413 g/mol. The minimum atomic E-state index is 1.09. The molecule has 150 valence electrons. The van der Waals surface area contributed by atoms with Crippen LogP contribution in [0.4, 0.5) is 0 Å². The van der Waals surface area contributed by atoms with Crippen molar-refractivity contribution in [1.29, 1.82) is 0 Å². The molecule has 4 heteroatoms. The van der Waals surface area contributed by atoms with Crippen LogP contribution in [0.2, 0.25) is 0 Å². The summed E-state index contributed by atoms with van der Waals surface area (Å²) in [5, 5.41) is 2.46. The first-order valence-corrected chi connectivity index (χ1v) is 13.4. The van der Waals surface area contributed by atoms with Gasteiger partial charge in [0.05, 0.1) is 21.4 Å². The predicted molar refractivity (Wildman–Crippen MR) is 123 cm³/mol. The van der Waals surface area contributed by atoms with E-state index in [4.69, 9.17) is 9.97 Å². The molecule has 4 rings (SSSR count). The number of nitrogens with zero attached hydrogens (tertiary/aromatic N) is 2. The standard InChI is InChI=1S/C24H32N2S2/c1-27-23-19-13-9-5-3-7-11-17(19)15-21(25-23)22-16-18-12-8-4-6-10-14-20(18)24(26-22)28-2/h15-16H,3-14H2,1-2H3. The van der Waals surface area contributed by atoms with E-state index in [2.05, 4.69) is 24.6 Å². The third-order valence-corrected chi connectivity index (χ3v) is 7.70. The Hall–Kier alpha value is -1.00. The molecular weight excluding hydrogens is 380 g/mol. The molecule has 0 unspecified atom stereocenters. The number of hydrogen-bond acceptors (Lipinski definition) is 4. The Morgan fingerprint density at radius 1 is 0.571 bits per heavy atom. The van der Waals surface area contributed by atoms with E-state index in [1.54, 1.807) is 0 Å². The molecule has 0 aromatic carbocycles. The number of rotatable bonds is 3. The van der Waals surface area contributed by atoms with Crippen molar-refractivity contribution < 1.29 is 0 Å². The molecule has 0 N–H and O–H groups in total. The third kappa shape index (κ3) is 4.43. The van der Waals surface area contributed by atoms with Crippen LogP contribution < -0.4 is 0 Å². The molecular formula is C24H32N2S2. The Morgan fingerprint density at radius 3 is 1.36 bits per heavy atom. The molecule has 0 radical (unpaired) electrons. The molecule has 0 atom stereocenters. The largest absolute Gasteiger partial charge is 0.240 e. The molecule has 0 saturated carbocycles. The van der Waals surface area contributed by atoms with Gasteiger partial charge in [0.25, 0.3) is 0 Å². The summed E-state index contributed by atoms with van der Waals surface area (Å²) >= 11 is 3.62. The molecule has 0 fully saturated rings. The van der Waals surface area contributed by atoms with Crippen molar-refractivity contribution in [2.75, 3.05) is 12.5 Å². The summed E-state index contributed by atoms with van der Waals surface area (Å²) in [7, 11) is 0. The fraction of sp³-hybridized carbons (Fsp3) is 0.583. The Bertz CT molecular complexity index is 762. The van der Waals surface area contributed by atoms with Crippen LogP contribution in [0.25, 0.3) is 11.4 Å². The summed E-state index contributed by atoms with van der Waals surface area (Å²) in [5.41, 5.74) is 8.23. The van der Waals surface area contributed by atoms with Crippen LogP contribution in [-0.2, 0) is 25.7 Å². The normalized spacial score (nSPS) is 17.6. The topological polar surface area (TPSA) is 25.8 Å². The molecule has 2 aliphatic rings. The second kappa shape index (κ2) is 9.67. The van der Waals surface area contributed by atoms with E-state index in [1.807, 2.05) is 23.5 Å². The SMILES string of the molecule is CSc1nc(-c2cc3c(c(SC)n2)CCCCCC3)cc2c1CCCCCC2. The number of aryl methyl sites for hydroxylation is 2. The summed E-state index contributed by atoms with van der Waals surface area (Å²) in [5.74, 6) is 0. The summed E-state index contributed by atoms with van der Waals surface area (Å²) in [4.78, 5) is 10.2. The zero-order chi connectivity index (χ0) is 19.3. The molecule has 2 aromatic heterocycles. The lowest BCUT2D eigenvalue weighted by atomic mass is 9.92. The van der Waals surface area contributed by atoms with Crippen LogP contribution in [0.5, 0.6) is 0 Å². The minimum absolute atomic E-state index is 1.09. The highest BCUT2D eigenvalue weighted by atomic mass is 32.2. The van der Waals surface area contributed by atoms with Gasteiger partial charge in [0, 0.05) is 0 Å². The fourth-order valence-electron chi connectivity index (χ4n) is 4.72. The number of hydrogen-bond donors (Lipinski definition) is 0. The van der Waals surface area contributed by atoms with Gasteiger partial charge in [-0.15, -0.1) is 23.5 Å². The van der Waals surface area contributed by atoms with Crippen molar-refractivity contribution >= 4 is 23.5 Å². The Labute approximate surface area is 178 Å². The minimum Gasteiger partial charge on any atom is -0.240 e. The molecule has 2 aromatic rings. The maximum absolute atomic E-state index is 5.10. The zero-order valence-electron chi connectivity index (χ0n) is 17.4. The molecule has 2 heterocycles. The predicted octanol–water partition coefficient (Wildman–Crippen LogP) is 6.91. The molecule has 0 spiro atoms. The van der Waals surface area contributed by atoms with Crippen molar-refractivity contribution in [2.45, 2.75) is 87.1 Å². The van der Waals surface area contributed by atoms with Crippen molar-refractivity contribution in [1.82, 2.24) is 9.97 Å². The van der Waals surface area contributed by atoms with Crippen LogP contribution >= 0.6 is 23.5 Å². The molecule has 0 aliphatic heterocycles. The van der Waals surface area contributed by atoms with Gasteiger partial charge in [-0.05, 0) is 98.3 Å². The highest BCUT2D eigenvalue weighted by Gasteiger charge is 2.19. The maximum atomic E-state index is 5.10. The van der Waals surface area contributed by atoms with E-state index < -0.39 is 0 Å². The smallest absolute Gasteiger partial charge is 0.1000 e. The van der Waals surface area contributed by atoms with Gasteiger partial charge >= 0.3 is 0 Å². The highest BCUT2D eigenvalue weighted by molar-refractivity contribution is 7.98. The third-order valence-electron chi connectivity index (χ3n) is 6.25. The first-order valence-electron chi connectivity index (χ1n) is 10.9. The van der Waals surface area contributed by atoms with E-state index in [1.165, 1.54) is 109 Å². The first-order chi connectivity index (χ1) is 13.8. The van der Waals surface area contributed by atoms with E-state index in [0.29, 0.717) is 0 Å². The van der Waals surface area contributed by atoms with Crippen LogP contribution in [0.15, 0.2) is 22.2 Å². The molecule has 2 aliphatic carbocycles. The summed E-state index contributed by atoms with van der Waals surface area (Å²) in [6, 6.07) is 4.73. The van der Waals surface area contributed by atoms with Gasteiger partial charge in [-0.2, -0.15) is 0 Å². The number of thioether (sulfide) groups is 2. The number of aromatic nitrogens is 2. The van der Waals surface area contributed by atoms with Gasteiger partial charge in [0.15, 0.2) is 0 Å². The van der Waals surface area contributed by atoms with Crippen molar-refractivity contribution in [3.8, 4) is 11.4 Å². The monoisotopic (exact) mass is 412 g/mol. The van der Waals surface area contributed by atoms with Gasteiger partial charge in [-0.1, -0.05) is 25.7 Å². The lowest BCUT2D eigenvalue weighted by molar-refractivity contribution is 0.608. The van der Waals surface area contributed by atoms with Crippen LogP contribution in [0.1, 0.15) is 73.6 Å². The zero-order valence-corrected chi connectivity index (χ0v) is 19.0. The second-order valence-corrected chi connectivity index (χ2v) is 9.73. The molecule has 0 saturated heterocycles. The Kier molecular flexibility index (Phi) is 7.00.